The van der Waals surface area contributed by atoms with Gasteiger partial charge in [-0.25, -0.2) is 4.98 Å². The normalized spacial score (nSPS) is 15.5. The van der Waals surface area contributed by atoms with Crippen molar-refractivity contribution in [1.82, 2.24) is 14.8 Å². The van der Waals surface area contributed by atoms with Gasteiger partial charge >= 0.3 is 5.97 Å². The van der Waals surface area contributed by atoms with Gasteiger partial charge in [-0.1, -0.05) is 11.6 Å². The van der Waals surface area contributed by atoms with E-state index >= 15 is 0 Å². The van der Waals surface area contributed by atoms with Crippen molar-refractivity contribution in [3.63, 3.8) is 0 Å². The van der Waals surface area contributed by atoms with Gasteiger partial charge in [0.1, 0.15) is 11.9 Å². The molecular weight excluding hydrogens is 328 g/mol. The molecule has 24 heavy (non-hydrogen) atoms. The van der Waals surface area contributed by atoms with E-state index in [0.717, 1.165) is 44.7 Å². The van der Waals surface area contributed by atoms with E-state index in [1.54, 1.807) is 12.4 Å². The highest BCUT2D eigenvalue weighted by molar-refractivity contribution is 6.30. The second kappa shape index (κ2) is 8.15. The van der Waals surface area contributed by atoms with Crippen molar-refractivity contribution in [3.8, 4) is 0 Å². The summed E-state index contributed by atoms with van der Waals surface area (Å²) >= 11 is 5.86. The van der Waals surface area contributed by atoms with E-state index in [4.69, 9.17) is 16.3 Å². The van der Waals surface area contributed by atoms with Crippen molar-refractivity contribution in [2.45, 2.75) is 38.3 Å². The summed E-state index contributed by atoms with van der Waals surface area (Å²) in [4.78, 5) is 18.5. The SMILES string of the molecule is O=C(CCCn1cccn1)OC1CCN(c2ccc(Cl)cn2)CC1. The summed E-state index contributed by atoms with van der Waals surface area (Å²) in [5.74, 6) is 0.800. The van der Waals surface area contributed by atoms with E-state index < -0.39 is 0 Å². The number of nitrogens with zero attached hydrogens (tertiary/aromatic N) is 4. The van der Waals surface area contributed by atoms with E-state index in [2.05, 4.69) is 15.0 Å². The summed E-state index contributed by atoms with van der Waals surface area (Å²) in [6.07, 6.45) is 8.12. The van der Waals surface area contributed by atoms with Crippen molar-refractivity contribution in [3.05, 3.63) is 41.8 Å². The Hall–Kier alpha value is -2.08. The van der Waals surface area contributed by atoms with Gasteiger partial charge in [-0.15, -0.1) is 0 Å². The third-order valence-electron chi connectivity index (χ3n) is 4.10. The van der Waals surface area contributed by atoms with Crippen LogP contribution in [-0.2, 0) is 16.1 Å². The monoisotopic (exact) mass is 348 g/mol. The van der Waals surface area contributed by atoms with E-state index in [1.807, 2.05) is 29.1 Å². The van der Waals surface area contributed by atoms with Crippen molar-refractivity contribution < 1.29 is 9.53 Å². The minimum atomic E-state index is -0.120. The molecule has 6 nitrogen and oxygen atoms in total. The second-order valence-electron chi connectivity index (χ2n) is 5.88. The van der Waals surface area contributed by atoms with Crippen molar-refractivity contribution in [1.29, 1.82) is 0 Å². The number of esters is 1. The zero-order chi connectivity index (χ0) is 16.8. The molecule has 0 bridgehead atoms. The number of ether oxygens (including phenoxy) is 1. The summed E-state index contributed by atoms with van der Waals surface area (Å²) in [5, 5.41) is 4.75. The average Bonchev–Trinajstić information content (AvgIpc) is 3.10. The first kappa shape index (κ1) is 16.8. The summed E-state index contributed by atoms with van der Waals surface area (Å²) < 4.78 is 7.40. The summed E-state index contributed by atoms with van der Waals surface area (Å²) in [6.45, 7) is 2.41. The van der Waals surface area contributed by atoms with Crippen LogP contribution >= 0.6 is 11.6 Å². The van der Waals surface area contributed by atoms with Gasteiger partial charge in [0, 0.05) is 57.5 Å². The quantitative estimate of drug-likeness (QED) is 0.751. The summed E-state index contributed by atoms with van der Waals surface area (Å²) in [6, 6.07) is 5.64. The van der Waals surface area contributed by atoms with Gasteiger partial charge in [-0.2, -0.15) is 5.10 Å². The maximum atomic E-state index is 11.9. The Bertz CT molecular complexity index is 637. The molecule has 0 aromatic carbocycles. The van der Waals surface area contributed by atoms with Crippen LogP contribution in [0.15, 0.2) is 36.8 Å². The maximum Gasteiger partial charge on any atom is 0.306 e. The molecule has 1 fully saturated rings. The van der Waals surface area contributed by atoms with Crippen molar-refractivity contribution in [2.75, 3.05) is 18.0 Å². The highest BCUT2D eigenvalue weighted by atomic mass is 35.5. The molecular formula is C17H21ClN4O2. The molecule has 1 aliphatic rings. The molecule has 3 rings (SSSR count). The van der Waals surface area contributed by atoms with Gasteiger partial charge in [-0.05, 0) is 24.6 Å². The van der Waals surface area contributed by atoms with Crippen LogP contribution in [0.2, 0.25) is 5.02 Å². The largest absolute Gasteiger partial charge is 0.462 e. The van der Waals surface area contributed by atoms with E-state index in [1.165, 1.54) is 0 Å². The number of aromatic nitrogens is 3. The molecule has 3 heterocycles. The predicted molar refractivity (Wildman–Crippen MR) is 92.0 cm³/mol. The molecule has 2 aromatic heterocycles. The number of hydrogen-bond acceptors (Lipinski definition) is 5. The van der Waals surface area contributed by atoms with E-state index in [-0.39, 0.29) is 12.1 Å². The Morgan fingerprint density at radius 1 is 1.33 bits per heavy atom. The zero-order valence-electron chi connectivity index (χ0n) is 13.5. The average molecular weight is 349 g/mol. The molecule has 1 aliphatic heterocycles. The number of rotatable bonds is 6. The first-order valence-corrected chi connectivity index (χ1v) is 8.62. The Labute approximate surface area is 146 Å². The summed E-state index contributed by atoms with van der Waals surface area (Å²) in [5.41, 5.74) is 0. The van der Waals surface area contributed by atoms with Crippen LogP contribution in [0.4, 0.5) is 5.82 Å². The fourth-order valence-electron chi connectivity index (χ4n) is 2.82. The molecule has 0 N–H and O–H groups in total. The lowest BCUT2D eigenvalue weighted by Gasteiger charge is -2.32. The Morgan fingerprint density at radius 3 is 2.83 bits per heavy atom. The molecule has 0 atom stereocenters. The lowest BCUT2D eigenvalue weighted by molar-refractivity contribution is -0.150. The molecule has 7 heteroatoms. The number of pyridine rings is 1. The first-order chi connectivity index (χ1) is 11.7. The number of carbonyl (C=O) groups is 1. The predicted octanol–water partition coefficient (Wildman–Crippen LogP) is 2.92. The van der Waals surface area contributed by atoms with Crippen LogP contribution in [0.1, 0.15) is 25.7 Å². The van der Waals surface area contributed by atoms with Gasteiger partial charge in [0.2, 0.25) is 0 Å². The number of halogens is 1. The number of aryl methyl sites for hydroxylation is 1. The van der Waals surface area contributed by atoms with E-state index in [0.29, 0.717) is 11.4 Å². The fraction of sp³-hybridized carbons (Fsp3) is 0.471. The minimum Gasteiger partial charge on any atom is -0.462 e. The second-order valence-corrected chi connectivity index (χ2v) is 6.32. The molecule has 0 aliphatic carbocycles. The molecule has 1 saturated heterocycles. The molecule has 128 valence electrons. The fourth-order valence-corrected chi connectivity index (χ4v) is 2.93. The van der Waals surface area contributed by atoms with Crippen molar-refractivity contribution in [2.24, 2.45) is 0 Å². The van der Waals surface area contributed by atoms with Gasteiger partial charge < -0.3 is 9.64 Å². The van der Waals surface area contributed by atoms with Crippen molar-refractivity contribution >= 4 is 23.4 Å². The Balaban J connectivity index is 1.37. The number of hydrogen-bond donors (Lipinski definition) is 0. The Kier molecular flexibility index (Phi) is 5.69. The lowest BCUT2D eigenvalue weighted by atomic mass is 10.1. The molecule has 0 spiro atoms. The molecule has 0 radical (unpaired) electrons. The van der Waals surface area contributed by atoms with Gasteiger partial charge in [0.05, 0.1) is 5.02 Å². The van der Waals surface area contributed by atoms with Gasteiger partial charge in [-0.3, -0.25) is 9.48 Å². The van der Waals surface area contributed by atoms with Crippen LogP contribution in [0.25, 0.3) is 0 Å². The smallest absolute Gasteiger partial charge is 0.306 e. The first-order valence-electron chi connectivity index (χ1n) is 8.24. The minimum absolute atomic E-state index is 0.00533. The third kappa shape index (κ3) is 4.71. The van der Waals surface area contributed by atoms with Crippen LogP contribution in [0, 0.1) is 0 Å². The van der Waals surface area contributed by atoms with Crippen LogP contribution in [0.3, 0.4) is 0 Å². The molecule has 0 saturated carbocycles. The summed E-state index contributed by atoms with van der Waals surface area (Å²) in [7, 11) is 0. The van der Waals surface area contributed by atoms with Gasteiger partial charge in [0.25, 0.3) is 0 Å². The topological polar surface area (TPSA) is 60.3 Å². The van der Waals surface area contributed by atoms with Crippen LogP contribution < -0.4 is 4.90 Å². The number of carbonyl (C=O) groups excluding carboxylic acids is 1. The van der Waals surface area contributed by atoms with E-state index in [9.17, 15) is 4.79 Å². The highest BCUT2D eigenvalue weighted by Gasteiger charge is 2.22. The van der Waals surface area contributed by atoms with Crippen LogP contribution in [0.5, 0.6) is 0 Å². The Morgan fingerprint density at radius 2 is 2.17 bits per heavy atom. The standard InChI is InChI=1S/C17H21ClN4O2/c18-14-4-5-16(19-13-14)21-11-6-15(7-12-21)24-17(23)3-1-9-22-10-2-8-20-22/h2,4-5,8,10,13,15H,1,3,6-7,9,11-12H2. The molecule has 0 amide bonds. The number of anilines is 1. The highest BCUT2D eigenvalue weighted by Crippen LogP contribution is 2.21. The molecule has 0 unspecified atom stereocenters. The lowest BCUT2D eigenvalue weighted by Crippen LogP contribution is -2.38. The third-order valence-corrected chi connectivity index (χ3v) is 4.33. The van der Waals surface area contributed by atoms with Gasteiger partial charge in [0.15, 0.2) is 0 Å². The zero-order valence-corrected chi connectivity index (χ0v) is 14.2. The van der Waals surface area contributed by atoms with Crippen LogP contribution in [-0.4, -0.2) is 39.9 Å². The number of piperidine rings is 1. The maximum absolute atomic E-state index is 11.9. The molecule has 2 aromatic rings.